The second kappa shape index (κ2) is 20.1. The number of ether oxygens (including phenoxy) is 9. The van der Waals surface area contributed by atoms with Crippen molar-refractivity contribution < 1.29 is 42.6 Å². The van der Waals surface area contributed by atoms with Crippen molar-refractivity contribution in [3.8, 4) is 63.2 Å². The molecule has 0 heterocycles. The molecular formula is C49H52O9. The lowest BCUT2D eigenvalue weighted by atomic mass is 10.0. The smallest absolute Gasteiger partial charge is 0.169 e. The normalized spacial score (nSPS) is 10.7. The maximum atomic E-state index is 6.70. The van der Waals surface area contributed by atoms with Gasteiger partial charge in [-0.25, -0.2) is 0 Å². The summed E-state index contributed by atoms with van der Waals surface area (Å²) in [7, 11) is 11.6. The van der Waals surface area contributed by atoms with Crippen molar-refractivity contribution in [3.05, 3.63) is 149 Å². The second-order valence-electron chi connectivity index (χ2n) is 13.7. The van der Waals surface area contributed by atoms with Crippen LogP contribution in [0.25, 0.3) is 0 Å². The summed E-state index contributed by atoms with van der Waals surface area (Å²) < 4.78 is 52.9. The second-order valence-corrected chi connectivity index (χ2v) is 13.7. The van der Waals surface area contributed by atoms with Crippen LogP contribution >= 0.6 is 0 Å². The van der Waals surface area contributed by atoms with Gasteiger partial charge in [-0.05, 0) is 133 Å². The molecule has 0 spiro atoms. The average Bonchev–Trinajstić information content (AvgIpc) is 3.27. The third-order valence-electron chi connectivity index (χ3n) is 10.0. The monoisotopic (exact) mass is 784 g/mol. The minimum Gasteiger partial charge on any atom is -0.497 e. The van der Waals surface area contributed by atoms with Gasteiger partial charge in [-0.3, -0.25) is 0 Å². The molecule has 0 aliphatic carbocycles. The van der Waals surface area contributed by atoms with Crippen LogP contribution in [0.2, 0.25) is 0 Å². The summed E-state index contributed by atoms with van der Waals surface area (Å²) in [5.74, 6) is 7.31. The largest absolute Gasteiger partial charge is 0.497 e. The molecule has 0 bridgehead atoms. The molecule has 0 aliphatic rings. The highest BCUT2D eigenvalue weighted by atomic mass is 16.5. The summed E-state index contributed by atoms with van der Waals surface area (Å²) in [6.45, 7) is 0. The third kappa shape index (κ3) is 10.7. The Morgan fingerprint density at radius 3 is 1.12 bits per heavy atom. The summed E-state index contributed by atoms with van der Waals surface area (Å²) in [6, 6.07) is 38.0. The number of hydrogen-bond donors (Lipinski definition) is 0. The highest BCUT2D eigenvalue weighted by Gasteiger charge is 2.18. The van der Waals surface area contributed by atoms with Crippen LogP contribution in [0.1, 0.15) is 33.4 Å². The van der Waals surface area contributed by atoms with E-state index in [1.165, 1.54) is 5.56 Å². The summed E-state index contributed by atoms with van der Waals surface area (Å²) in [5.41, 5.74) is 6.49. The van der Waals surface area contributed by atoms with E-state index >= 15 is 0 Å². The quantitative estimate of drug-likeness (QED) is 0.0751. The van der Waals surface area contributed by atoms with Crippen LogP contribution in [0.4, 0.5) is 0 Å². The van der Waals surface area contributed by atoms with Gasteiger partial charge in [0.05, 0.1) is 49.8 Å². The van der Waals surface area contributed by atoms with Crippen LogP contribution in [-0.2, 0) is 38.5 Å². The predicted molar refractivity (Wildman–Crippen MR) is 227 cm³/mol. The Kier molecular flexibility index (Phi) is 14.3. The molecule has 0 radical (unpaired) electrons. The molecule has 9 nitrogen and oxygen atoms in total. The Balaban J connectivity index is 1.32. The highest BCUT2D eigenvalue weighted by molar-refractivity contribution is 5.55. The maximum absolute atomic E-state index is 6.70. The third-order valence-corrected chi connectivity index (χ3v) is 10.0. The molecule has 6 rings (SSSR count). The molecule has 0 fully saturated rings. The lowest BCUT2D eigenvalue weighted by molar-refractivity contribution is 0.362. The van der Waals surface area contributed by atoms with Gasteiger partial charge >= 0.3 is 0 Å². The minimum absolute atomic E-state index is 0.547. The van der Waals surface area contributed by atoms with Crippen LogP contribution in [0, 0.1) is 0 Å². The van der Waals surface area contributed by atoms with E-state index in [1.54, 1.807) is 49.8 Å². The fourth-order valence-electron chi connectivity index (χ4n) is 6.86. The first-order valence-electron chi connectivity index (χ1n) is 19.2. The molecule has 0 atom stereocenters. The topological polar surface area (TPSA) is 83.1 Å². The molecule has 0 unspecified atom stereocenters. The Morgan fingerprint density at radius 2 is 0.690 bits per heavy atom. The highest BCUT2D eigenvalue weighted by Crippen LogP contribution is 2.42. The van der Waals surface area contributed by atoms with E-state index in [-0.39, 0.29) is 0 Å². The van der Waals surface area contributed by atoms with Gasteiger partial charge < -0.3 is 42.6 Å². The number of methoxy groups -OCH3 is 7. The van der Waals surface area contributed by atoms with E-state index in [2.05, 4.69) is 24.3 Å². The molecule has 0 aliphatic heterocycles. The maximum Gasteiger partial charge on any atom is 0.169 e. The van der Waals surface area contributed by atoms with Crippen molar-refractivity contribution in [2.45, 2.75) is 38.5 Å². The number of rotatable bonds is 20. The molecule has 0 amide bonds. The lowest BCUT2D eigenvalue weighted by Gasteiger charge is -2.18. The van der Waals surface area contributed by atoms with Gasteiger partial charge in [0.1, 0.15) is 40.2 Å². The van der Waals surface area contributed by atoms with Crippen molar-refractivity contribution in [3.63, 3.8) is 0 Å². The summed E-state index contributed by atoms with van der Waals surface area (Å²) >= 11 is 0. The van der Waals surface area contributed by atoms with Crippen molar-refractivity contribution in [2.75, 3.05) is 49.8 Å². The molecule has 0 saturated heterocycles. The Morgan fingerprint density at radius 1 is 0.276 bits per heavy atom. The fourth-order valence-corrected chi connectivity index (χ4v) is 6.86. The van der Waals surface area contributed by atoms with Crippen molar-refractivity contribution >= 4 is 0 Å². The van der Waals surface area contributed by atoms with Gasteiger partial charge in [-0.2, -0.15) is 0 Å². The first-order chi connectivity index (χ1) is 28.3. The number of hydrogen-bond acceptors (Lipinski definition) is 9. The van der Waals surface area contributed by atoms with E-state index in [0.29, 0.717) is 47.3 Å². The van der Waals surface area contributed by atoms with Gasteiger partial charge in [0.15, 0.2) is 23.0 Å². The standard InChI is InChI=1S/C49H52O9/c1-50-39-22-18-33(19-23-39)14-15-36-26-42(57-48-28-37(44(53-4)31-46(48)55-6)20-16-34-10-8-12-40(24-34)51-2)30-43(27-36)58-49-29-38(45(54-5)32-47(49)56-7)21-17-35-11-9-13-41(25-35)52-3/h8-13,18-19,22-32H,14-17,20-21H2,1-7H3. The Labute approximate surface area is 341 Å². The summed E-state index contributed by atoms with van der Waals surface area (Å²) in [4.78, 5) is 0. The predicted octanol–water partition coefficient (Wildman–Crippen LogP) is 10.7. The molecule has 58 heavy (non-hydrogen) atoms. The van der Waals surface area contributed by atoms with Gasteiger partial charge in [0, 0.05) is 18.2 Å². The molecule has 9 heteroatoms. The minimum atomic E-state index is 0.547. The lowest BCUT2D eigenvalue weighted by Crippen LogP contribution is -2.01. The van der Waals surface area contributed by atoms with Crippen LogP contribution in [-0.4, -0.2) is 49.8 Å². The number of benzene rings is 6. The van der Waals surface area contributed by atoms with Crippen LogP contribution < -0.4 is 42.6 Å². The van der Waals surface area contributed by atoms with Crippen LogP contribution in [0.15, 0.2) is 115 Å². The van der Waals surface area contributed by atoms with E-state index in [0.717, 1.165) is 82.2 Å². The van der Waals surface area contributed by atoms with Gasteiger partial charge in [0.25, 0.3) is 0 Å². The molecule has 0 saturated carbocycles. The fraction of sp³-hybridized carbons (Fsp3) is 0.265. The van der Waals surface area contributed by atoms with Crippen molar-refractivity contribution in [1.82, 2.24) is 0 Å². The van der Waals surface area contributed by atoms with Gasteiger partial charge in [0.2, 0.25) is 0 Å². The molecule has 6 aromatic rings. The molecule has 302 valence electrons. The average molecular weight is 785 g/mol. The molecule has 6 aromatic carbocycles. The zero-order chi connectivity index (χ0) is 40.9. The van der Waals surface area contributed by atoms with Crippen LogP contribution in [0.3, 0.4) is 0 Å². The molecule has 0 aromatic heterocycles. The van der Waals surface area contributed by atoms with Gasteiger partial charge in [-0.1, -0.05) is 36.4 Å². The molecular weight excluding hydrogens is 733 g/mol. The van der Waals surface area contributed by atoms with Crippen LogP contribution in [0.5, 0.6) is 63.2 Å². The van der Waals surface area contributed by atoms with E-state index in [4.69, 9.17) is 42.6 Å². The van der Waals surface area contributed by atoms with E-state index < -0.39 is 0 Å². The molecule has 0 N–H and O–H groups in total. The number of aryl methyl sites for hydroxylation is 6. The SMILES string of the molecule is COc1ccc(CCc2cc(Oc3cc(CCc4cccc(OC)c4)c(OC)cc3OC)cc(Oc3cc(CCc4cccc(OC)c4)c(OC)cc3OC)c2)cc1. The Bertz CT molecular complexity index is 2130. The zero-order valence-electron chi connectivity index (χ0n) is 34.4. The summed E-state index contributed by atoms with van der Waals surface area (Å²) in [6.07, 6.45) is 4.52. The van der Waals surface area contributed by atoms with Crippen molar-refractivity contribution in [2.24, 2.45) is 0 Å². The van der Waals surface area contributed by atoms with Gasteiger partial charge in [-0.15, -0.1) is 0 Å². The Hall–Kier alpha value is -6.48. The first kappa shape index (κ1) is 41.2. The van der Waals surface area contributed by atoms with E-state index in [9.17, 15) is 0 Å². The zero-order valence-corrected chi connectivity index (χ0v) is 34.4. The van der Waals surface area contributed by atoms with E-state index in [1.807, 2.05) is 91.0 Å². The van der Waals surface area contributed by atoms with Crippen molar-refractivity contribution in [1.29, 1.82) is 0 Å². The summed E-state index contributed by atoms with van der Waals surface area (Å²) in [5, 5.41) is 0. The first-order valence-corrected chi connectivity index (χ1v) is 19.2.